The van der Waals surface area contributed by atoms with Crippen molar-refractivity contribution in [2.24, 2.45) is 5.41 Å². The number of aromatic nitrogens is 1. The number of likely N-dealkylation sites (tertiary alicyclic amines) is 1. The summed E-state index contributed by atoms with van der Waals surface area (Å²) in [5.41, 5.74) is 8.16. The number of carbonyl (C=O) groups excluding carboxylic acids is 1. The minimum Gasteiger partial charge on any atom is -0.299 e. The number of thiol groups is 1. The molecule has 1 unspecified atom stereocenters. The van der Waals surface area contributed by atoms with Gasteiger partial charge in [-0.05, 0) is 81.5 Å². The van der Waals surface area contributed by atoms with E-state index in [4.69, 9.17) is 0 Å². The van der Waals surface area contributed by atoms with Gasteiger partial charge in [0.25, 0.3) is 0 Å². The van der Waals surface area contributed by atoms with E-state index in [9.17, 15) is 4.79 Å². The molecule has 0 spiro atoms. The maximum Gasteiger partial charge on any atom is 0.244 e. The van der Waals surface area contributed by atoms with Crippen LogP contribution in [0.5, 0.6) is 0 Å². The molecule has 5 heteroatoms. The Morgan fingerprint density at radius 2 is 2.13 bits per heavy atom. The smallest absolute Gasteiger partial charge is 0.244 e. The number of carbonyl (C=O) groups is 1. The van der Waals surface area contributed by atoms with Crippen LogP contribution in [0.4, 0.5) is 0 Å². The standard InChI is InChI=1S/C25H37N3OS/c1-5-13-27-14-8-10-18-19-9-7-11-21-23(19)20(16-22(18)27)17(3)28(21)26-24(29)25(4,6-2)12-15-30/h7,9,11,18,22,30H,5-6,8,10,12-16H2,1-4H3,(H,26,29)/t18-,22-,25?/m1/s1. The Bertz CT molecular complexity index is 934. The van der Waals surface area contributed by atoms with Gasteiger partial charge in [0.05, 0.1) is 5.52 Å². The van der Waals surface area contributed by atoms with Crippen LogP contribution in [0.1, 0.15) is 75.6 Å². The van der Waals surface area contributed by atoms with Gasteiger partial charge in [-0.25, -0.2) is 0 Å². The van der Waals surface area contributed by atoms with Gasteiger partial charge in [-0.1, -0.05) is 32.9 Å². The molecule has 2 aliphatic rings. The van der Waals surface area contributed by atoms with Crippen LogP contribution in [0, 0.1) is 12.3 Å². The first-order valence-corrected chi connectivity index (χ1v) is 12.4. The second kappa shape index (κ2) is 8.58. The quantitative estimate of drug-likeness (QED) is 0.591. The molecule has 0 saturated carbocycles. The number of piperidine rings is 1. The first-order chi connectivity index (χ1) is 14.4. The second-order valence-electron chi connectivity index (χ2n) is 9.53. The number of benzene rings is 1. The Morgan fingerprint density at radius 3 is 2.83 bits per heavy atom. The minimum atomic E-state index is -0.394. The zero-order valence-corrected chi connectivity index (χ0v) is 19.9. The Morgan fingerprint density at radius 1 is 1.33 bits per heavy atom. The van der Waals surface area contributed by atoms with Crippen LogP contribution >= 0.6 is 12.6 Å². The number of hydrogen-bond donors (Lipinski definition) is 2. The van der Waals surface area contributed by atoms with E-state index in [1.54, 1.807) is 0 Å². The molecule has 2 aromatic rings. The average molecular weight is 428 g/mol. The van der Waals surface area contributed by atoms with Crippen LogP contribution in [0.25, 0.3) is 10.9 Å². The van der Waals surface area contributed by atoms with Crippen molar-refractivity contribution in [3.63, 3.8) is 0 Å². The number of hydrogen-bond acceptors (Lipinski definition) is 3. The first-order valence-electron chi connectivity index (χ1n) is 11.7. The molecule has 3 atom stereocenters. The number of rotatable bonds is 7. The lowest BCUT2D eigenvalue weighted by Gasteiger charge is -2.44. The summed E-state index contributed by atoms with van der Waals surface area (Å²) in [6, 6.07) is 7.27. The van der Waals surface area contributed by atoms with Gasteiger partial charge < -0.3 is 0 Å². The van der Waals surface area contributed by atoms with Gasteiger partial charge in [-0.15, -0.1) is 0 Å². The van der Waals surface area contributed by atoms with E-state index in [-0.39, 0.29) is 5.91 Å². The lowest BCUT2D eigenvalue weighted by Crippen LogP contribution is -2.47. The predicted molar refractivity (Wildman–Crippen MR) is 129 cm³/mol. The lowest BCUT2D eigenvalue weighted by atomic mass is 9.74. The fraction of sp³-hybridized carbons (Fsp3) is 0.640. The maximum atomic E-state index is 13.3. The normalized spacial score (nSPS) is 23.2. The second-order valence-corrected chi connectivity index (χ2v) is 9.97. The largest absolute Gasteiger partial charge is 0.299 e. The Labute approximate surface area is 186 Å². The summed E-state index contributed by atoms with van der Waals surface area (Å²) in [7, 11) is 0. The molecule has 0 bridgehead atoms. The molecule has 0 radical (unpaired) electrons. The highest BCUT2D eigenvalue weighted by atomic mass is 32.1. The molecule has 1 aromatic heterocycles. The number of nitrogens with zero attached hydrogens (tertiary/aromatic N) is 2. The SMILES string of the molecule is CCCN1CCC[C@@H]2c3cccc4c3c(c(C)n4NC(=O)C(C)(CC)CCS)C[C@H]21. The number of fused-ring (bicyclic) bond motifs is 2. The molecule has 1 amide bonds. The van der Waals surface area contributed by atoms with E-state index in [1.807, 2.05) is 0 Å². The highest BCUT2D eigenvalue weighted by molar-refractivity contribution is 7.80. The Balaban J connectivity index is 1.76. The van der Waals surface area contributed by atoms with Gasteiger partial charge in [0.2, 0.25) is 5.91 Å². The molecule has 2 heterocycles. The average Bonchev–Trinajstić information content (AvgIpc) is 3.01. The molecule has 1 fully saturated rings. The summed E-state index contributed by atoms with van der Waals surface area (Å²) in [5, 5.41) is 1.39. The van der Waals surface area contributed by atoms with Crippen LogP contribution in [-0.4, -0.2) is 40.4 Å². The van der Waals surface area contributed by atoms with E-state index in [1.165, 1.54) is 54.6 Å². The summed E-state index contributed by atoms with van der Waals surface area (Å²) >= 11 is 4.39. The molecular weight excluding hydrogens is 390 g/mol. The van der Waals surface area contributed by atoms with Crippen molar-refractivity contribution in [2.75, 3.05) is 24.3 Å². The van der Waals surface area contributed by atoms with Gasteiger partial charge in [0.1, 0.15) is 0 Å². The Kier molecular flexibility index (Phi) is 6.23. The molecule has 4 nitrogen and oxygen atoms in total. The van der Waals surface area contributed by atoms with Crippen LogP contribution < -0.4 is 5.43 Å². The van der Waals surface area contributed by atoms with Crippen LogP contribution in [-0.2, 0) is 11.2 Å². The Hall–Kier alpha value is -1.46. The highest BCUT2D eigenvalue weighted by Crippen LogP contribution is 2.45. The summed E-state index contributed by atoms with van der Waals surface area (Å²) in [6.45, 7) is 11.0. The molecular formula is C25H37N3OS. The third kappa shape index (κ3) is 3.48. The predicted octanol–water partition coefficient (Wildman–Crippen LogP) is 5.27. The maximum absolute atomic E-state index is 13.3. The zero-order valence-electron chi connectivity index (χ0n) is 19.0. The fourth-order valence-corrected chi connectivity index (χ4v) is 6.23. The number of nitrogens with one attached hydrogen (secondary N) is 1. The highest BCUT2D eigenvalue weighted by Gasteiger charge is 2.39. The van der Waals surface area contributed by atoms with E-state index in [0.29, 0.717) is 12.0 Å². The third-order valence-electron chi connectivity index (χ3n) is 7.81. The molecule has 1 aliphatic heterocycles. The van der Waals surface area contributed by atoms with Gasteiger partial charge in [-0.2, -0.15) is 12.6 Å². The van der Waals surface area contributed by atoms with E-state index in [0.717, 1.165) is 30.5 Å². The third-order valence-corrected chi connectivity index (χ3v) is 8.04. The van der Waals surface area contributed by atoms with E-state index >= 15 is 0 Å². The summed E-state index contributed by atoms with van der Waals surface area (Å²) in [6.07, 6.45) is 6.44. The van der Waals surface area contributed by atoms with E-state index < -0.39 is 5.41 Å². The molecule has 30 heavy (non-hydrogen) atoms. The van der Waals surface area contributed by atoms with Crippen molar-refractivity contribution in [1.82, 2.24) is 9.58 Å². The van der Waals surface area contributed by atoms with Crippen LogP contribution in [0.3, 0.4) is 0 Å². The van der Waals surface area contributed by atoms with Crippen LogP contribution in [0.15, 0.2) is 18.2 Å². The number of amides is 1. The lowest BCUT2D eigenvalue weighted by molar-refractivity contribution is -0.126. The van der Waals surface area contributed by atoms with Gasteiger partial charge in [0.15, 0.2) is 0 Å². The zero-order chi connectivity index (χ0) is 21.5. The van der Waals surface area contributed by atoms with Gasteiger partial charge in [-0.3, -0.25) is 19.8 Å². The van der Waals surface area contributed by atoms with Crippen molar-refractivity contribution < 1.29 is 4.79 Å². The summed E-state index contributed by atoms with van der Waals surface area (Å²) in [5.74, 6) is 1.42. The van der Waals surface area contributed by atoms with Gasteiger partial charge >= 0.3 is 0 Å². The summed E-state index contributed by atoms with van der Waals surface area (Å²) in [4.78, 5) is 16.0. The van der Waals surface area contributed by atoms with Gasteiger partial charge in [0, 0.05) is 28.5 Å². The first kappa shape index (κ1) is 21.8. The molecule has 1 aliphatic carbocycles. The molecule has 1 saturated heterocycles. The fourth-order valence-electron chi connectivity index (χ4n) is 5.74. The van der Waals surface area contributed by atoms with Crippen molar-refractivity contribution in [3.05, 3.63) is 35.0 Å². The molecule has 164 valence electrons. The van der Waals surface area contributed by atoms with Crippen molar-refractivity contribution in [3.8, 4) is 0 Å². The molecule has 1 aromatic carbocycles. The minimum absolute atomic E-state index is 0.0975. The van der Waals surface area contributed by atoms with Crippen molar-refractivity contribution >= 4 is 29.4 Å². The van der Waals surface area contributed by atoms with Crippen LogP contribution in [0.2, 0.25) is 0 Å². The monoisotopic (exact) mass is 427 g/mol. The molecule has 1 N–H and O–H groups in total. The van der Waals surface area contributed by atoms with E-state index in [2.05, 4.69) is 73.5 Å². The van der Waals surface area contributed by atoms with Crippen molar-refractivity contribution in [1.29, 1.82) is 0 Å². The topological polar surface area (TPSA) is 37.3 Å². The van der Waals surface area contributed by atoms with Crippen molar-refractivity contribution in [2.45, 2.75) is 78.2 Å². The molecule has 4 rings (SSSR count). The summed E-state index contributed by atoms with van der Waals surface area (Å²) < 4.78 is 2.07.